The fourth-order valence-corrected chi connectivity index (χ4v) is 2.65. The average molecular weight is 247 g/mol. The van der Waals surface area contributed by atoms with Crippen LogP contribution in [0.15, 0.2) is 24.0 Å². The minimum absolute atomic E-state index is 0.417. The van der Waals surface area contributed by atoms with Crippen LogP contribution < -0.4 is 5.32 Å². The summed E-state index contributed by atoms with van der Waals surface area (Å²) in [6.07, 6.45) is 14.2. The summed E-state index contributed by atoms with van der Waals surface area (Å²) in [5.74, 6) is 0. The molecule has 0 aromatic carbocycles. The van der Waals surface area contributed by atoms with Crippen LogP contribution in [0.5, 0.6) is 0 Å². The Hall–Kier alpha value is -1.09. The number of aromatic nitrogens is 2. The van der Waals surface area contributed by atoms with E-state index in [1.165, 1.54) is 31.2 Å². The standard InChI is InChI=1S/C15H25N3/c1-3-9-18-12-14(11-17-18)15(16-2)10-13-7-5-4-6-8-13/h7,11-12,15-16H,3-6,8-10H2,1-2H3. The van der Waals surface area contributed by atoms with E-state index in [4.69, 9.17) is 0 Å². The summed E-state index contributed by atoms with van der Waals surface area (Å²) >= 11 is 0. The summed E-state index contributed by atoms with van der Waals surface area (Å²) in [5.41, 5.74) is 2.93. The molecule has 0 saturated carbocycles. The highest BCUT2D eigenvalue weighted by Gasteiger charge is 2.14. The van der Waals surface area contributed by atoms with Crippen molar-refractivity contribution in [2.75, 3.05) is 7.05 Å². The zero-order valence-corrected chi connectivity index (χ0v) is 11.7. The van der Waals surface area contributed by atoms with Crippen LogP contribution in [0.1, 0.15) is 57.1 Å². The lowest BCUT2D eigenvalue weighted by atomic mass is 9.92. The number of hydrogen-bond acceptors (Lipinski definition) is 2. The Balaban J connectivity index is 2.00. The van der Waals surface area contributed by atoms with Crippen molar-refractivity contribution in [2.24, 2.45) is 0 Å². The fourth-order valence-electron chi connectivity index (χ4n) is 2.65. The first kappa shape index (κ1) is 13.3. The van der Waals surface area contributed by atoms with Crippen LogP contribution in [0.4, 0.5) is 0 Å². The van der Waals surface area contributed by atoms with Gasteiger partial charge in [0.05, 0.1) is 6.20 Å². The van der Waals surface area contributed by atoms with E-state index >= 15 is 0 Å². The Bertz CT molecular complexity index is 392. The lowest BCUT2D eigenvalue weighted by Crippen LogP contribution is -2.17. The molecule has 1 aromatic heterocycles. The summed E-state index contributed by atoms with van der Waals surface area (Å²) in [7, 11) is 2.05. The van der Waals surface area contributed by atoms with E-state index in [-0.39, 0.29) is 0 Å². The first-order valence-electron chi connectivity index (χ1n) is 7.21. The SMILES string of the molecule is CCCn1cc(C(CC2=CCCCC2)NC)cn1. The Morgan fingerprint density at radius 2 is 2.33 bits per heavy atom. The second kappa shape index (κ2) is 6.74. The van der Waals surface area contributed by atoms with Gasteiger partial charge in [0, 0.05) is 24.3 Å². The van der Waals surface area contributed by atoms with Gasteiger partial charge in [0.1, 0.15) is 0 Å². The predicted molar refractivity (Wildman–Crippen MR) is 75.5 cm³/mol. The average Bonchev–Trinajstić information content (AvgIpc) is 2.86. The quantitative estimate of drug-likeness (QED) is 0.780. The number of rotatable bonds is 6. The number of nitrogens with one attached hydrogen (secondary N) is 1. The molecule has 1 aromatic rings. The molecule has 3 nitrogen and oxygen atoms in total. The van der Waals surface area contributed by atoms with Crippen molar-refractivity contribution in [1.29, 1.82) is 0 Å². The van der Waals surface area contributed by atoms with Crippen molar-refractivity contribution < 1.29 is 0 Å². The third kappa shape index (κ3) is 3.45. The molecule has 1 aliphatic rings. The molecule has 2 rings (SSSR count). The van der Waals surface area contributed by atoms with Gasteiger partial charge in [-0.15, -0.1) is 0 Å². The second-order valence-electron chi connectivity index (χ2n) is 5.19. The topological polar surface area (TPSA) is 29.9 Å². The Morgan fingerprint density at radius 3 is 3.00 bits per heavy atom. The molecular weight excluding hydrogens is 222 g/mol. The molecule has 0 bridgehead atoms. The molecule has 18 heavy (non-hydrogen) atoms. The number of nitrogens with zero attached hydrogens (tertiary/aromatic N) is 2. The zero-order chi connectivity index (χ0) is 12.8. The minimum Gasteiger partial charge on any atom is -0.313 e. The van der Waals surface area contributed by atoms with Gasteiger partial charge < -0.3 is 5.32 Å². The van der Waals surface area contributed by atoms with E-state index in [0.717, 1.165) is 19.4 Å². The molecule has 0 radical (unpaired) electrons. The van der Waals surface area contributed by atoms with E-state index in [1.54, 1.807) is 5.57 Å². The van der Waals surface area contributed by atoms with Crippen molar-refractivity contribution in [3.8, 4) is 0 Å². The van der Waals surface area contributed by atoms with Crippen LogP contribution in [-0.4, -0.2) is 16.8 Å². The number of aryl methyl sites for hydroxylation is 1. The summed E-state index contributed by atoms with van der Waals surface area (Å²) in [5, 5.41) is 7.85. The van der Waals surface area contributed by atoms with Gasteiger partial charge in [-0.1, -0.05) is 18.6 Å². The summed E-state index contributed by atoms with van der Waals surface area (Å²) in [6, 6.07) is 0.417. The third-order valence-electron chi connectivity index (χ3n) is 3.71. The van der Waals surface area contributed by atoms with Crippen LogP contribution in [0, 0.1) is 0 Å². The van der Waals surface area contributed by atoms with Gasteiger partial charge in [0.25, 0.3) is 0 Å². The van der Waals surface area contributed by atoms with Crippen molar-refractivity contribution >= 4 is 0 Å². The van der Waals surface area contributed by atoms with Crippen LogP contribution in [-0.2, 0) is 6.54 Å². The van der Waals surface area contributed by atoms with Gasteiger partial charge in [-0.2, -0.15) is 5.10 Å². The van der Waals surface area contributed by atoms with Crippen molar-refractivity contribution in [3.63, 3.8) is 0 Å². The molecule has 100 valence electrons. The maximum atomic E-state index is 4.43. The molecule has 0 spiro atoms. The van der Waals surface area contributed by atoms with E-state index in [2.05, 4.69) is 34.3 Å². The van der Waals surface area contributed by atoms with Crippen molar-refractivity contribution in [1.82, 2.24) is 15.1 Å². The zero-order valence-electron chi connectivity index (χ0n) is 11.7. The van der Waals surface area contributed by atoms with Crippen LogP contribution in [0.2, 0.25) is 0 Å². The molecule has 1 aliphatic carbocycles. The Morgan fingerprint density at radius 1 is 1.44 bits per heavy atom. The molecule has 1 heterocycles. The molecule has 1 atom stereocenters. The molecule has 0 amide bonds. The first-order chi connectivity index (χ1) is 8.83. The molecule has 1 N–H and O–H groups in total. The molecule has 1 unspecified atom stereocenters. The lowest BCUT2D eigenvalue weighted by Gasteiger charge is -2.19. The highest BCUT2D eigenvalue weighted by atomic mass is 15.3. The van der Waals surface area contributed by atoms with Crippen LogP contribution in [0.25, 0.3) is 0 Å². The van der Waals surface area contributed by atoms with Gasteiger partial charge in [-0.05, 0) is 45.6 Å². The number of hydrogen-bond donors (Lipinski definition) is 1. The van der Waals surface area contributed by atoms with Gasteiger partial charge in [0.2, 0.25) is 0 Å². The maximum Gasteiger partial charge on any atom is 0.0537 e. The van der Waals surface area contributed by atoms with Crippen LogP contribution in [0.3, 0.4) is 0 Å². The van der Waals surface area contributed by atoms with Gasteiger partial charge in [-0.3, -0.25) is 4.68 Å². The minimum atomic E-state index is 0.417. The summed E-state index contributed by atoms with van der Waals surface area (Å²) < 4.78 is 2.05. The first-order valence-corrected chi connectivity index (χ1v) is 7.21. The molecule has 3 heteroatoms. The van der Waals surface area contributed by atoms with Gasteiger partial charge >= 0.3 is 0 Å². The third-order valence-corrected chi connectivity index (χ3v) is 3.71. The van der Waals surface area contributed by atoms with Crippen LogP contribution >= 0.6 is 0 Å². The smallest absolute Gasteiger partial charge is 0.0537 e. The summed E-state index contributed by atoms with van der Waals surface area (Å²) in [4.78, 5) is 0. The largest absolute Gasteiger partial charge is 0.313 e. The van der Waals surface area contributed by atoms with Crippen molar-refractivity contribution in [3.05, 3.63) is 29.6 Å². The number of allylic oxidation sites excluding steroid dienone is 1. The normalized spacial score (nSPS) is 17.6. The van der Waals surface area contributed by atoms with Gasteiger partial charge in [0.15, 0.2) is 0 Å². The Labute approximate surface area is 110 Å². The summed E-state index contributed by atoms with van der Waals surface area (Å²) in [6.45, 7) is 3.20. The lowest BCUT2D eigenvalue weighted by molar-refractivity contribution is 0.555. The molecule has 0 aliphatic heterocycles. The second-order valence-corrected chi connectivity index (χ2v) is 5.19. The molecule has 0 saturated heterocycles. The van der Waals surface area contributed by atoms with E-state index in [0.29, 0.717) is 6.04 Å². The van der Waals surface area contributed by atoms with E-state index < -0.39 is 0 Å². The highest BCUT2D eigenvalue weighted by molar-refractivity contribution is 5.16. The highest BCUT2D eigenvalue weighted by Crippen LogP contribution is 2.27. The predicted octanol–water partition coefficient (Wildman–Crippen LogP) is 3.44. The van der Waals surface area contributed by atoms with Crippen molar-refractivity contribution in [2.45, 2.75) is 58.0 Å². The fraction of sp³-hybridized carbons (Fsp3) is 0.667. The van der Waals surface area contributed by atoms with E-state index in [9.17, 15) is 0 Å². The van der Waals surface area contributed by atoms with E-state index in [1.807, 2.05) is 13.2 Å². The Kier molecular flexibility index (Phi) is 5.00. The molecular formula is C15H25N3. The maximum absolute atomic E-state index is 4.43. The monoisotopic (exact) mass is 247 g/mol. The van der Waals surface area contributed by atoms with Gasteiger partial charge in [-0.25, -0.2) is 0 Å². The molecule has 0 fully saturated rings.